The van der Waals surface area contributed by atoms with Gasteiger partial charge in [0.2, 0.25) is 0 Å². The molecule has 1 aromatic carbocycles. The number of aliphatic hydroxyl groups excluding tert-OH is 2. The molecule has 1 fully saturated rings. The van der Waals surface area contributed by atoms with E-state index in [1.54, 1.807) is 12.1 Å². The molecule has 5 nitrogen and oxygen atoms in total. The molecule has 0 aliphatic carbocycles. The van der Waals surface area contributed by atoms with Crippen LogP contribution in [0.1, 0.15) is 10.4 Å². The number of aromatic nitrogens is 1. The van der Waals surface area contributed by atoms with Crippen LogP contribution in [0, 0.1) is 0 Å². The van der Waals surface area contributed by atoms with Gasteiger partial charge in [-0.05, 0) is 12.1 Å². The summed E-state index contributed by atoms with van der Waals surface area (Å²) >= 11 is 5.95. The fraction of sp³-hybridized carbons (Fsp3) is 0.286. The number of rotatable bonds is 1. The molecule has 1 amide bonds. The maximum atomic E-state index is 12.5. The summed E-state index contributed by atoms with van der Waals surface area (Å²) in [5.41, 5.74) is 1.07. The molecule has 1 saturated heterocycles. The lowest BCUT2D eigenvalue weighted by molar-refractivity contribution is 0.0572. The van der Waals surface area contributed by atoms with E-state index in [9.17, 15) is 15.0 Å². The summed E-state index contributed by atoms with van der Waals surface area (Å²) < 4.78 is 0. The highest BCUT2D eigenvalue weighted by Crippen LogP contribution is 2.23. The van der Waals surface area contributed by atoms with Crippen LogP contribution in [-0.2, 0) is 0 Å². The van der Waals surface area contributed by atoms with Crippen LogP contribution in [0.5, 0.6) is 0 Å². The molecule has 2 unspecified atom stereocenters. The second kappa shape index (κ2) is 5.01. The summed E-state index contributed by atoms with van der Waals surface area (Å²) in [6.07, 6.45) is -1.80. The van der Waals surface area contributed by atoms with Gasteiger partial charge >= 0.3 is 0 Å². The van der Waals surface area contributed by atoms with Crippen LogP contribution >= 0.6 is 11.6 Å². The van der Waals surface area contributed by atoms with Gasteiger partial charge in [-0.15, -0.1) is 0 Å². The average Bonchev–Trinajstić information content (AvgIpc) is 2.77. The first kappa shape index (κ1) is 13.3. The van der Waals surface area contributed by atoms with Gasteiger partial charge in [-0.3, -0.25) is 4.79 Å². The number of nitrogens with zero attached hydrogens (tertiary/aromatic N) is 2. The zero-order valence-corrected chi connectivity index (χ0v) is 11.3. The van der Waals surface area contributed by atoms with Crippen molar-refractivity contribution in [3.8, 4) is 0 Å². The summed E-state index contributed by atoms with van der Waals surface area (Å²) in [5, 5.41) is 20.0. The third-order valence-electron chi connectivity index (χ3n) is 3.46. The van der Waals surface area contributed by atoms with E-state index in [-0.39, 0.29) is 24.1 Å². The van der Waals surface area contributed by atoms with Crippen molar-refractivity contribution in [1.82, 2.24) is 9.88 Å². The smallest absolute Gasteiger partial charge is 0.254 e. The molecule has 6 heteroatoms. The summed E-state index contributed by atoms with van der Waals surface area (Å²) in [7, 11) is 0. The Morgan fingerprint density at radius 1 is 1.25 bits per heavy atom. The summed E-state index contributed by atoms with van der Waals surface area (Å²) in [4.78, 5) is 18.1. The van der Waals surface area contributed by atoms with E-state index in [0.717, 1.165) is 0 Å². The van der Waals surface area contributed by atoms with Crippen molar-refractivity contribution in [2.75, 3.05) is 13.1 Å². The molecule has 1 aliphatic rings. The average molecular weight is 293 g/mol. The van der Waals surface area contributed by atoms with Crippen LogP contribution in [0.25, 0.3) is 10.9 Å². The lowest BCUT2D eigenvalue weighted by Gasteiger charge is -2.16. The molecule has 2 aromatic rings. The number of halogens is 1. The SMILES string of the molecule is O=C(c1cc(Cl)nc2ccccc12)N1CC(O)C(O)C1. The minimum absolute atomic E-state index is 0.119. The fourth-order valence-corrected chi connectivity index (χ4v) is 2.63. The van der Waals surface area contributed by atoms with Crippen LogP contribution in [0.2, 0.25) is 5.15 Å². The van der Waals surface area contributed by atoms with Crippen molar-refractivity contribution in [3.63, 3.8) is 0 Å². The number of likely N-dealkylation sites (tertiary alicyclic amines) is 1. The van der Waals surface area contributed by atoms with Gasteiger partial charge in [-0.2, -0.15) is 0 Å². The number of hydrogen-bond donors (Lipinski definition) is 2. The van der Waals surface area contributed by atoms with Gasteiger partial charge in [0.25, 0.3) is 5.91 Å². The second-order valence-corrected chi connectivity index (χ2v) is 5.24. The molecule has 0 bridgehead atoms. The minimum Gasteiger partial charge on any atom is -0.388 e. The van der Waals surface area contributed by atoms with Crippen molar-refractivity contribution in [2.45, 2.75) is 12.2 Å². The van der Waals surface area contributed by atoms with E-state index < -0.39 is 12.2 Å². The number of hydrogen-bond acceptors (Lipinski definition) is 4. The molecule has 1 aromatic heterocycles. The maximum Gasteiger partial charge on any atom is 0.254 e. The van der Waals surface area contributed by atoms with Crippen LogP contribution in [0.3, 0.4) is 0 Å². The summed E-state index contributed by atoms with van der Waals surface area (Å²) in [5.74, 6) is -0.263. The third-order valence-corrected chi connectivity index (χ3v) is 3.66. The number of carbonyl (C=O) groups is 1. The van der Waals surface area contributed by atoms with Crippen molar-refractivity contribution < 1.29 is 15.0 Å². The predicted octanol–water partition coefficient (Wildman–Crippen LogP) is 1.07. The number of aliphatic hydroxyl groups is 2. The first-order chi connectivity index (χ1) is 9.56. The van der Waals surface area contributed by atoms with E-state index in [2.05, 4.69) is 4.98 Å². The zero-order valence-electron chi connectivity index (χ0n) is 10.5. The predicted molar refractivity (Wildman–Crippen MR) is 74.7 cm³/mol. The van der Waals surface area contributed by atoms with Crippen molar-refractivity contribution >= 4 is 28.4 Å². The van der Waals surface area contributed by atoms with Gasteiger partial charge in [0.1, 0.15) is 5.15 Å². The molecule has 0 saturated carbocycles. The molecule has 2 heterocycles. The quantitative estimate of drug-likeness (QED) is 0.771. The normalized spacial score (nSPS) is 22.4. The van der Waals surface area contributed by atoms with E-state index in [4.69, 9.17) is 11.6 Å². The third kappa shape index (κ3) is 2.24. The van der Waals surface area contributed by atoms with E-state index in [1.807, 2.05) is 12.1 Å². The lowest BCUT2D eigenvalue weighted by Crippen LogP contribution is -2.30. The number of pyridine rings is 1. The Morgan fingerprint density at radius 2 is 1.90 bits per heavy atom. The van der Waals surface area contributed by atoms with Gasteiger partial charge in [0.05, 0.1) is 23.3 Å². The standard InChI is InChI=1S/C14H13ClN2O3/c15-13-5-9(8-3-1-2-4-10(8)16-13)14(20)17-6-11(18)12(19)7-17/h1-5,11-12,18-19H,6-7H2. The molecule has 3 rings (SSSR count). The summed E-state index contributed by atoms with van der Waals surface area (Å²) in [6.45, 7) is 0.239. The Hall–Kier alpha value is -1.69. The van der Waals surface area contributed by atoms with E-state index in [0.29, 0.717) is 16.5 Å². The molecule has 104 valence electrons. The fourth-order valence-electron chi connectivity index (χ4n) is 2.43. The summed E-state index contributed by atoms with van der Waals surface area (Å²) in [6, 6.07) is 8.75. The van der Waals surface area contributed by atoms with E-state index >= 15 is 0 Å². The van der Waals surface area contributed by atoms with Crippen LogP contribution < -0.4 is 0 Å². The zero-order chi connectivity index (χ0) is 14.3. The Labute approximate surface area is 120 Å². The van der Waals surface area contributed by atoms with Crippen molar-refractivity contribution in [2.24, 2.45) is 0 Å². The Bertz CT molecular complexity index is 667. The Kier molecular flexibility index (Phi) is 3.33. The number of amides is 1. The van der Waals surface area contributed by atoms with Crippen molar-refractivity contribution in [1.29, 1.82) is 0 Å². The molecular formula is C14H13ClN2O3. The van der Waals surface area contributed by atoms with Crippen LogP contribution in [0.4, 0.5) is 0 Å². The van der Waals surface area contributed by atoms with Gasteiger partial charge in [0, 0.05) is 18.5 Å². The second-order valence-electron chi connectivity index (χ2n) is 4.85. The van der Waals surface area contributed by atoms with Crippen LogP contribution in [-0.4, -0.2) is 51.3 Å². The maximum absolute atomic E-state index is 12.5. The van der Waals surface area contributed by atoms with E-state index in [1.165, 1.54) is 11.0 Å². The molecular weight excluding hydrogens is 280 g/mol. The molecule has 2 atom stereocenters. The van der Waals surface area contributed by atoms with Gasteiger partial charge < -0.3 is 15.1 Å². The first-order valence-corrected chi connectivity index (χ1v) is 6.65. The highest BCUT2D eigenvalue weighted by molar-refractivity contribution is 6.30. The largest absolute Gasteiger partial charge is 0.388 e. The molecule has 2 N–H and O–H groups in total. The first-order valence-electron chi connectivity index (χ1n) is 6.27. The minimum atomic E-state index is -0.900. The van der Waals surface area contributed by atoms with Gasteiger partial charge in [-0.25, -0.2) is 4.98 Å². The molecule has 0 spiro atoms. The number of β-amino-alcohol motifs (C(OH)–C–C–N with tert-alkyl or cyclic N) is 2. The number of carbonyl (C=O) groups excluding carboxylic acids is 1. The lowest BCUT2D eigenvalue weighted by atomic mass is 10.1. The van der Waals surface area contributed by atoms with Crippen molar-refractivity contribution in [3.05, 3.63) is 41.0 Å². The number of benzene rings is 1. The van der Waals surface area contributed by atoms with Gasteiger partial charge in [0.15, 0.2) is 0 Å². The van der Waals surface area contributed by atoms with Crippen LogP contribution in [0.15, 0.2) is 30.3 Å². The topological polar surface area (TPSA) is 73.7 Å². The number of fused-ring (bicyclic) bond motifs is 1. The highest BCUT2D eigenvalue weighted by atomic mass is 35.5. The monoisotopic (exact) mass is 292 g/mol. The Morgan fingerprint density at radius 3 is 2.60 bits per heavy atom. The highest BCUT2D eigenvalue weighted by Gasteiger charge is 2.33. The molecule has 20 heavy (non-hydrogen) atoms. The Balaban J connectivity index is 2.04. The number of para-hydroxylation sites is 1. The molecule has 0 radical (unpaired) electrons. The molecule has 1 aliphatic heterocycles. The van der Waals surface area contributed by atoms with Gasteiger partial charge in [-0.1, -0.05) is 29.8 Å².